The van der Waals surface area contributed by atoms with Crippen molar-refractivity contribution in [3.8, 4) is 0 Å². The predicted octanol–water partition coefficient (Wildman–Crippen LogP) is -1.82. The van der Waals surface area contributed by atoms with Gasteiger partial charge in [-0.2, -0.15) is 0 Å². The third-order valence-corrected chi connectivity index (χ3v) is 3.51. The molecule has 10 nitrogen and oxygen atoms in total. The van der Waals surface area contributed by atoms with E-state index in [1.54, 1.807) is 6.20 Å². The van der Waals surface area contributed by atoms with Crippen LogP contribution < -0.4 is 17.2 Å². The van der Waals surface area contributed by atoms with Crippen LogP contribution in [0.4, 0.5) is 0 Å². The Bertz CT molecular complexity index is 547. The number of nitrogens with zero attached hydrogens (tertiary/aromatic N) is 2. The Labute approximate surface area is 139 Å². The monoisotopic (exact) mass is 340 g/mol. The van der Waals surface area contributed by atoms with E-state index in [4.69, 9.17) is 17.2 Å². The van der Waals surface area contributed by atoms with Crippen LogP contribution in [0.5, 0.6) is 0 Å². The number of carboxylic acid groups (broad SMARTS) is 1. The first kappa shape index (κ1) is 19.7. The number of hydrogen-bond acceptors (Lipinski definition) is 7. The van der Waals surface area contributed by atoms with Crippen molar-refractivity contribution in [1.29, 1.82) is 0 Å². The van der Waals surface area contributed by atoms with Crippen molar-refractivity contribution in [1.82, 2.24) is 14.9 Å². The van der Waals surface area contributed by atoms with Crippen molar-refractivity contribution in [2.75, 3.05) is 13.1 Å². The molecule has 0 aliphatic heterocycles. The number of imidazole rings is 1. The molecule has 0 bridgehead atoms. The highest BCUT2D eigenvalue weighted by molar-refractivity contribution is 6.02. The van der Waals surface area contributed by atoms with Gasteiger partial charge in [-0.15, -0.1) is 0 Å². The topological polar surface area (TPSA) is 181 Å². The van der Waals surface area contributed by atoms with E-state index in [9.17, 15) is 19.5 Å². The molecule has 10 heteroatoms. The van der Waals surface area contributed by atoms with Crippen LogP contribution in [0.1, 0.15) is 25.0 Å². The normalized spacial score (nSPS) is 13.3. The number of carbonyl (C=O) groups is 3. The fraction of sp³-hybridized carbons (Fsp3) is 0.571. The molecule has 134 valence electrons. The lowest BCUT2D eigenvalue weighted by molar-refractivity contribution is -0.158. The van der Waals surface area contributed by atoms with Crippen LogP contribution in [0.25, 0.3) is 0 Å². The van der Waals surface area contributed by atoms with Gasteiger partial charge in [-0.3, -0.25) is 14.5 Å². The molecule has 2 amide bonds. The summed E-state index contributed by atoms with van der Waals surface area (Å²) in [6.45, 7) is -0.0919. The van der Waals surface area contributed by atoms with Gasteiger partial charge in [0.2, 0.25) is 11.8 Å². The lowest BCUT2D eigenvalue weighted by atomic mass is 10.0. The zero-order chi connectivity index (χ0) is 18.1. The van der Waals surface area contributed by atoms with Gasteiger partial charge in [0.05, 0.1) is 24.6 Å². The van der Waals surface area contributed by atoms with Gasteiger partial charge in [-0.05, 0) is 25.8 Å². The van der Waals surface area contributed by atoms with Crippen molar-refractivity contribution >= 4 is 17.8 Å². The summed E-state index contributed by atoms with van der Waals surface area (Å²) >= 11 is 0. The highest BCUT2D eigenvalue weighted by Crippen LogP contribution is 2.13. The molecule has 1 aromatic heterocycles. The molecule has 0 saturated carbocycles. The van der Waals surface area contributed by atoms with E-state index in [2.05, 4.69) is 9.97 Å². The Balaban J connectivity index is 2.93. The summed E-state index contributed by atoms with van der Waals surface area (Å²) in [4.78, 5) is 43.5. The molecule has 1 rings (SSSR count). The number of carboxylic acids is 1. The summed E-state index contributed by atoms with van der Waals surface area (Å²) in [5.41, 5.74) is 17.1. The number of unbranched alkanes of at least 4 members (excludes halogenated alkanes) is 1. The van der Waals surface area contributed by atoms with Gasteiger partial charge in [0.15, 0.2) is 0 Å². The summed E-state index contributed by atoms with van der Waals surface area (Å²) < 4.78 is 0. The second-order valence-corrected chi connectivity index (χ2v) is 5.32. The summed E-state index contributed by atoms with van der Waals surface area (Å²) in [5, 5.41) is 9.40. The number of carbonyl (C=O) groups excluding carboxylic acids is 2. The van der Waals surface area contributed by atoms with Crippen LogP contribution in [0, 0.1) is 0 Å². The number of imide groups is 1. The average Bonchev–Trinajstić information content (AvgIpc) is 3.05. The number of rotatable bonds is 10. The molecule has 0 saturated heterocycles. The van der Waals surface area contributed by atoms with Crippen LogP contribution in [0.2, 0.25) is 0 Å². The lowest BCUT2D eigenvalue weighted by Crippen LogP contribution is -2.56. The quantitative estimate of drug-likeness (QED) is 0.308. The first-order chi connectivity index (χ1) is 11.4. The molecule has 0 spiro atoms. The molecule has 0 radical (unpaired) electrons. The highest BCUT2D eigenvalue weighted by atomic mass is 16.4. The van der Waals surface area contributed by atoms with E-state index in [1.165, 1.54) is 6.33 Å². The van der Waals surface area contributed by atoms with Crippen LogP contribution in [-0.4, -0.2) is 62.9 Å². The third-order valence-electron chi connectivity index (χ3n) is 3.51. The fourth-order valence-corrected chi connectivity index (χ4v) is 2.29. The molecular weight excluding hydrogens is 316 g/mol. The van der Waals surface area contributed by atoms with Gasteiger partial charge < -0.3 is 27.3 Å². The minimum absolute atomic E-state index is 0.0752. The van der Waals surface area contributed by atoms with Gasteiger partial charge in [0.25, 0.3) is 0 Å². The van der Waals surface area contributed by atoms with Crippen LogP contribution >= 0.6 is 0 Å². The van der Waals surface area contributed by atoms with Gasteiger partial charge >= 0.3 is 5.97 Å². The van der Waals surface area contributed by atoms with Crippen LogP contribution in [0.3, 0.4) is 0 Å². The van der Waals surface area contributed by atoms with E-state index in [0.29, 0.717) is 30.0 Å². The highest BCUT2D eigenvalue weighted by Gasteiger charge is 2.36. The van der Waals surface area contributed by atoms with E-state index in [0.717, 1.165) is 0 Å². The smallest absolute Gasteiger partial charge is 0.326 e. The molecule has 1 aromatic rings. The summed E-state index contributed by atoms with van der Waals surface area (Å²) in [7, 11) is 0. The predicted molar refractivity (Wildman–Crippen MR) is 85.5 cm³/mol. The molecular formula is C14H24N6O4. The number of aliphatic carboxylic acids is 1. The maximum atomic E-state index is 12.5. The third kappa shape index (κ3) is 5.41. The number of amides is 2. The minimum atomic E-state index is -1.31. The summed E-state index contributed by atoms with van der Waals surface area (Å²) in [5.74, 6) is -2.85. The number of H-pyrrole nitrogens is 1. The molecule has 0 aromatic carbocycles. The van der Waals surface area contributed by atoms with E-state index in [-0.39, 0.29) is 12.8 Å². The Kier molecular flexibility index (Phi) is 8.02. The first-order valence-corrected chi connectivity index (χ1v) is 7.64. The number of hydrogen-bond donors (Lipinski definition) is 5. The molecule has 24 heavy (non-hydrogen) atoms. The largest absolute Gasteiger partial charge is 0.480 e. The van der Waals surface area contributed by atoms with Crippen LogP contribution in [-0.2, 0) is 20.8 Å². The van der Waals surface area contributed by atoms with Crippen molar-refractivity contribution in [2.24, 2.45) is 17.2 Å². The average molecular weight is 340 g/mol. The van der Waals surface area contributed by atoms with Crippen molar-refractivity contribution in [3.63, 3.8) is 0 Å². The zero-order valence-corrected chi connectivity index (χ0v) is 13.4. The molecule has 2 atom stereocenters. The van der Waals surface area contributed by atoms with Gasteiger partial charge in [0.1, 0.15) is 6.04 Å². The second-order valence-electron chi connectivity index (χ2n) is 5.32. The van der Waals surface area contributed by atoms with Gasteiger partial charge in [-0.1, -0.05) is 0 Å². The van der Waals surface area contributed by atoms with E-state index >= 15 is 0 Å². The van der Waals surface area contributed by atoms with Crippen molar-refractivity contribution < 1.29 is 19.5 Å². The molecule has 1 heterocycles. The maximum Gasteiger partial charge on any atom is 0.326 e. The number of nitrogens with one attached hydrogen (secondary N) is 1. The van der Waals surface area contributed by atoms with Gasteiger partial charge in [-0.25, -0.2) is 9.78 Å². The van der Waals surface area contributed by atoms with Crippen molar-refractivity contribution in [2.45, 2.75) is 37.8 Å². The van der Waals surface area contributed by atoms with E-state index in [1.807, 2.05) is 0 Å². The van der Waals surface area contributed by atoms with Gasteiger partial charge in [0, 0.05) is 12.6 Å². The zero-order valence-electron chi connectivity index (χ0n) is 13.4. The molecule has 2 unspecified atom stereocenters. The molecule has 0 aliphatic rings. The number of aromatic nitrogens is 2. The Hall–Kier alpha value is -2.30. The standard InChI is InChI=1S/C14H24N6O4/c15-4-2-1-3-11(14(23)24)20(12(21)6-16)13(22)10(17)5-9-7-18-8-19-9/h7-8,10-11H,1-6,15-17H2,(H,18,19)(H,23,24). The SMILES string of the molecule is NCCCCC(C(=O)O)N(C(=O)CN)C(=O)C(N)Cc1c[nH]cn1. The second kappa shape index (κ2) is 9.75. The fourth-order valence-electron chi connectivity index (χ4n) is 2.29. The minimum Gasteiger partial charge on any atom is -0.480 e. The van der Waals surface area contributed by atoms with E-state index < -0.39 is 36.4 Å². The Morgan fingerprint density at radius 1 is 1.29 bits per heavy atom. The first-order valence-electron chi connectivity index (χ1n) is 7.64. The summed E-state index contributed by atoms with van der Waals surface area (Å²) in [6.07, 6.45) is 4.22. The lowest BCUT2D eigenvalue weighted by Gasteiger charge is -2.29. The Morgan fingerprint density at radius 2 is 2.00 bits per heavy atom. The Morgan fingerprint density at radius 3 is 2.50 bits per heavy atom. The van der Waals surface area contributed by atoms with Crippen LogP contribution in [0.15, 0.2) is 12.5 Å². The molecule has 0 fully saturated rings. The molecule has 8 N–H and O–H groups in total. The number of aromatic amines is 1. The number of nitrogens with two attached hydrogens (primary N) is 3. The molecule has 0 aliphatic carbocycles. The summed E-state index contributed by atoms with van der Waals surface area (Å²) in [6, 6.07) is -2.41. The van der Waals surface area contributed by atoms with Crippen molar-refractivity contribution in [3.05, 3.63) is 18.2 Å². The maximum absolute atomic E-state index is 12.5.